The van der Waals surface area contributed by atoms with Gasteiger partial charge in [0.25, 0.3) is 0 Å². The van der Waals surface area contributed by atoms with Gasteiger partial charge in [-0.25, -0.2) is 0 Å². The molecule has 0 aliphatic heterocycles. The highest BCUT2D eigenvalue weighted by molar-refractivity contribution is 6.33. The molecule has 1 unspecified atom stereocenters. The fraction of sp³-hybridized carbons (Fsp3) is 0.200. The van der Waals surface area contributed by atoms with Crippen molar-refractivity contribution in [1.29, 1.82) is 0 Å². The topological polar surface area (TPSA) is 0 Å². The van der Waals surface area contributed by atoms with E-state index in [0.29, 0.717) is 5.92 Å². The summed E-state index contributed by atoms with van der Waals surface area (Å²) < 4.78 is 0. The summed E-state index contributed by atoms with van der Waals surface area (Å²) in [5, 5.41) is 1.51. The number of aryl methyl sites for hydroxylation is 1. The van der Waals surface area contributed by atoms with E-state index in [0.717, 1.165) is 10.2 Å². The molecule has 0 bridgehead atoms. The minimum atomic E-state index is 0.509. The van der Waals surface area contributed by atoms with E-state index < -0.39 is 0 Å². The molecule has 0 nitrogen and oxygen atoms in total. The third-order valence-corrected chi connectivity index (χ3v) is 4.22. The molecule has 0 saturated carbocycles. The average molecular weight is 226 g/mol. The van der Waals surface area contributed by atoms with Crippen LogP contribution in [0.25, 0.3) is 0 Å². The van der Waals surface area contributed by atoms with Crippen molar-refractivity contribution in [3.05, 3.63) is 65.2 Å². The van der Waals surface area contributed by atoms with Gasteiger partial charge in [0.2, 0.25) is 0 Å². The van der Waals surface area contributed by atoms with Crippen LogP contribution in [0.3, 0.4) is 0 Å². The summed E-state index contributed by atoms with van der Waals surface area (Å²) in [6.45, 7) is 4.50. The van der Waals surface area contributed by atoms with Crippen molar-refractivity contribution in [2.75, 3.05) is 0 Å². The first kappa shape index (κ1) is 11.2. The summed E-state index contributed by atoms with van der Waals surface area (Å²) in [4.78, 5) is 0. The zero-order chi connectivity index (χ0) is 11.5. The van der Waals surface area contributed by atoms with Gasteiger partial charge in [0.05, 0.1) is 0 Å². The van der Waals surface area contributed by atoms with Crippen molar-refractivity contribution in [2.45, 2.75) is 19.8 Å². The molecule has 0 aliphatic rings. The summed E-state index contributed by atoms with van der Waals surface area (Å²) in [5.41, 5.74) is 4.33. The second-order valence-electron chi connectivity index (χ2n) is 4.43. The minimum Gasteiger partial charge on any atom is -0.0670 e. The van der Waals surface area contributed by atoms with Crippen molar-refractivity contribution >= 4 is 15.4 Å². The molecular formula is C15H18Si. The standard InChI is InChI=1S/C15H18Si/c1-11-7-3-4-8-13(11)12(2)14-9-5-6-10-15(14)16/h3-10,12H,1-2,16H3. The molecule has 0 heterocycles. The van der Waals surface area contributed by atoms with Crippen molar-refractivity contribution in [3.8, 4) is 0 Å². The van der Waals surface area contributed by atoms with Crippen molar-refractivity contribution < 1.29 is 0 Å². The Bertz CT molecular complexity index is 443. The molecule has 2 aromatic carbocycles. The van der Waals surface area contributed by atoms with E-state index in [4.69, 9.17) is 0 Å². The van der Waals surface area contributed by atoms with Gasteiger partial charge in [0, 0.05) is 16.2 Å². The molecule has 0 spiro atoms. The van der Waals surface area contributed by atoms with Crippen LogP contribution in [0.1, 0.15) is 29.5 Å². The summed E-state index contributed by atoms with van der Waals surface area (Å²) in [6.07, 6.45) is 0. The molecule has 16 heavy (non-hydrogen) atoms. The van der Waals surface area contributed by atoms with Gasteiger partial charge in [-0.15, -0.1) is 0 Å². The summed E-state index contributed by atoms with van der Waals surface area (Å²) in [5.74, 6) is 0.509. The van der Waals surface area contributed by atoms with Gasteiger partial charge in [-0.05, 0) is 23.6 Å². The Morgan fingerprint density at radius 1 is 0.875 bits per heavy atom. The quantitative estimate of drug-likeness (QED) is 0.688. The molecular weight excluding hydrogens is 208 g/mol. The minimum absolute atomic E-state index is 0.509. The maximum Gasteiger partial charge on any atom is 0.0388 e. The van der Waals surface area contributed by atoms with Gasteiger partial charge >= 0.3 is 0 Å². The van der Waals surface area contributed by atoms with E-state index in [-0.39, 0.29) is 0 Å². The van der Waals surface area contributed by atoms with Crippen molar-refractivity contribution in [3.63, 3.8) is 0 Å². The average Bonchev–Trinajstić information content (AvgIpc) is 2.29. The maximum absolute atomic E-state index is 2.30. The normalized spacial score (nSPS) is 12.6. The van der Waals surface area contributed by atoms with E-state index in [1.807, 2.05) is 0 Å². The Hall–Kier alpha value is -1.34. The molecule has 82 valence electrons. The van der Waals surface area contributed by atoms with Crippen LogP contribution in [0.2, 0.25) is 0 Å². The molecule has 2 aromatic rings. The van der Waals surface area contributed by atoms with E-state index >= 15 is 0 Å². The Morgan fingerprint density at radius 2 is 1.44 bits per heavy atom. The molecule has 1 atom stereocenters. The van der Waals surface area contributed by atoms with Gasteiger partial charge in [0.15, 0.2) is 0 Å². The predicted molar refractivity (Wildman–Crippen MR) is 74.7 cm³/mol. The van der Waals surface area contributed by atoms with E-state index in [1.165, 1.54) is 21.9 Å². The fourth-order valence-corrected chi connectivity index (χ4v) is 3.10. The zero-order valence-corrected chi connectivity index (χ0v) is 12.2. The first-order valence-electron chi connectivity index (χ1n) is 5.81. The van der Waals surface area contributed by atoms with Gasteiger partial charge < -0.3 is 0 Å². The number of hydrogen-bond donors (Lipinski definition) is 0. The van der Waals surface area contributed by atoms with Gasteiger partial charge in [-0.3, -0.25) is 0 Å². The fourth-order valence-electron chi connectivity index (χ4n) is 2.31. The van der Waals surface area contributed by atoms with Crippen LogP contribution in [-0.4, -0.2) is 10.2 Å². The van der Waals surface area contributed by atoms with Crippen LogP contribution < -0.4 is 5.19 Å². The largest absolute Gasteiger partial charge is 0.0670 e. The lowest BCUT2D eigenvalue weighted by Crippen LogP contribution is -2.13. The Morgan fingerprint density at radius 3 is 2.06 bits per heavy atom. The number of rotatable bonds is 2. The van der Waals surface area contributed by atoms with Crippen molar-refractivity contribution in [1.82, 2.24) is 0 Å². The van der Waals surface area contributed by atoms with Gasteiger partial charge in [-0.1, -0.05) is 60.6 Å². The van der Waals surface area contributed by atoms with Crippen molar-refractivity contribution in [2.24, 2.45) is 0 Å². The highest BCUT2D eigenvalue weighted by Gasteiger charge is 2.11. The molecule has 0 fully saturated rings. The van der Waals surface area contributed by atoms with Gasteiger partial charge in [-0.2, -0.15) is 0 Å². The lowest BCUT2D eigenvalue weighted by atomic mass is 9.90. The molecule has 0 amide bonds. The van der Waals surface area contributed by atoms with Crippen LogP contribution in [0, 0.1) is 6.92 Å². The first-order valence-corrected chi connectivity index (χ1v) is 6.81. The lowest BCUT2D eigenvalue weighted by Gasteiger charge is -2.17. The second-order valence-corrected chi connectivity index (χ2v) is 5.51. The van der Waals surface area contributed by atoms with Gasteiger partial charge in [0.1, 0.15) is 0 Å². The van der Waals surface area contributed by atoms with Crippen LogP contribution in [-0.2, 0) is 0 Å². The third kappa shape index (κ3) is 2.09. The number of benzene rings is 2. The zero-order valence-electron chi connectivity index (χ0n) is 10.2. The van der Waals surface area contributed by atoms with Crippen LogP contribution in [0.5, 0.6) is 0 Å². The van der Waals surface area contributed by atoms with Crippen LogP contribution >= 0.6 is 0 Å². The third-order valence-electron chi connectivity index (χ3n) is 3.31. The Balaban J connectivity index is 2.44. The second kappa shape index (κ2) is 4.66. The van der Waals surface area contributed by atoms with E-state index in [9.17, 15) is 0 Å². The molecule has 0 saturated heterocycles. The Labute approximate surface area is 101 Å². The molecule has 0 aromatic heterocycles. The Kier molecular flexibility index (Phi) is 3.25. The molecule has 0 radical (unpaired) electrons. The predicted octanol–water partition coefficient (Wildman–Crippen LogP) is 2.14. The monoisotopic (exact) mass is 226 g/mol. The summed E-state index contributed by atoms with van der Waals surface area (Å²) in [6, 6.07) is 17.5. The smallest absolute Gasteiger partial charge is 0.0388 e. The summed E-state index contributed by atoms with van der Waals surface area (Å²) in [7, 11) is 1.12. The van der Waals surface area contributed by atoms with E-state index in [1.54, 1.807) is 0 Å². The highest BCUT2D eigenvalue weighted by atomic mass is 28.1. The van der Waals surface area contributed by atoms with E-state index in [2.05, 4.69) is 62.4 Å². The highest BCUT2D eigenvalue weighted by Crippen LogP contribution is 2.24. The summed E-state index contributed by atoms with van der Waals surface area (Å²) >= 11 is 0. The van der Waals surface area contributed by atoms with Crippen LogP contribution in [0.4, 0.5) is 0 Å². The molecule has 2 rings (SSSR count). The first-order chi connectivity index (χ1) is 7.70. The molecule has 0 aliphatic carbocycles. The maximum atomic E-state index is 2.30. The molecule has 1 heteroatoms. The lowest BCUT2D eigenvalue weighted by molar-refractivity contribution is 0.917. The van der Waals surface area contributed by atoms with Crippen LogP contribution in [0.15, 0.2) is 48.5 Å². The number of hydrogen-bond acceptors (Lipinski definition) is 0. The molecule has 0 N–H and O–H groups in total. The SMILES string of the molecule is Cc1ccccc1C(C)c1ccccc1[SiH3].